The van der Waals surface area contributed by atoms with Gasteiger partial charge in [0, 0.05) is 10.5 Å². The summed E-state index contributed by atoms with van der Waals surface area (Å²) in [6, 6.07) is 6.62. The van der Waals surface area contributed by atoms with E-state index < -0.39 is 11.3 Å². The topological polar surface area (TPSA) is 64.9 Å². The van der Waals surface area contributed by atoms with Gasteiger partial charge in [-0.25, -0.2) is 0 Å². The van der Waals surface area contributed by atoms with Gasteiger partial charge in [-0.2, -0.15) is 13.8 Å². The second-order valence-electron chi connectivity index (χ2n) is 5.19. The van der Waals surface area contributed by atoms with E-state index in [2.05, 4.69) is 10.1 Å². The first-order valence-corrected chi connectivity index (χ1v) is 7.63. The van der Waals surface area contributed by atoms with Gasteiger partial charge in [0.05, 0.1) is 5.54 Å². The molecular weight excluding hydrogens is 296 g/mol. The largest absolute Gasteiger partial charge is 0.334 e. The Kier molecular flexibility index (Phi) is 3.95. The number of thioether (sulfide) groups is 1. The van der Waals surface area contributed by atoms with Crippen molar-refractivity contribution in [1.82, 2.24) is 10.1 Å². The first kappa shape index (κ1) is 14.5. The summed E-state index contributed by atoms with van der Waals surface area (Å²) in [5, 5.41) is 3.98. The fourth-order valence-electron chi connectivity index (χ4n) is 2.55. The van der Waals surface area contributed by atoms with Crippen LogP contribution >= 0.6 is 11.8 Å². The molecule has 21 heavy (non-hydrogen) atoms. The van der Waals surface area contributed by atoms with Crippen LogP contribution < -0.4 is 5.73 Å². The zero-order valence-corrected chi connectivity index (χ0v) is 12.1. The summed E-state index contributed by atoms with van der Waals surface area (Å²) in [6.07, 6.45) is 3.85. The summed E-state index contributed by atoms with van der Waals surface area (Å²) in [6.45, 7) is 0. The van der Waals surface area contributed by atoms with Crippen molar-refractivity contribution in [2.24, 2.45) is 5.73 Å². The van der Waals surface area contributed by atoms with Crippen LogP contribution in [0.1, 0.15) is 31.5 Å². The minimum atomic E-state index is -2.43. The van der Waals surface area contributed by atoms with Gasteiger partial charge in [0.1, 0.15) is 0 Å². The van der Waals surface area contributed by atoms with E-state index in [9.17, 15) is 8.78 Å². The van der Waals surface area contributed by atoms with Gasteiger partial charge < -0.3 is 10.3 Å². The minimum Gasteiger partial charge on any atom is -0.334 e. The van der Waals surface area contributed by atoms with Gasteiger partial charge in [0.2, 0.25) is 0 Å². The molecule has 0 atom stereocenters. The highest BCUT2D eigenvalue weighted by atomic mass is 32.2. The Hall–Kier alpha value is -1.47. The van der Waals surface area contributed by atoms with Crippen molar-refractivity contribution in [3.63, 3.8) is 0 Å². The summed E-state index contributed by atoms with van der Waals surface area (Å²) in [7, 11) is 0. The lowest BCUT2D eigenvalue weighted by Crippen LogP contribution is -2.34. The van der Waals surface area contributed by atoms with E-state index in [-0.39, 0.29) is 0 Å². The lowest BCUT2D eigenvalue weighted by atomic mass is 9.99. The molecule has 0 bridgehead atoms. The molecule has 1 fully saturated rings. The third kappa shape index (κ3) is 3.08. The maximum atomic E-state index is 12.3. The molecule has 0 saturated heterocycles. The van der Waals surface area contributed by atoms with E-state index in [4.69, 9.17) is 10.3 Å². The van der Waals surface area contributed by atoms with Crippen LogP contribution in [0.3, 0.4) is 0 Å². The highest BCUT2D eigenvalue weighted by Crippen LogP contribution is 2.35. The van der Waals surface area contributed by atoms with Crippen molar-refractivity contribution < 1.29 is 13.3 Å². The van der Waals surface area contributed by atoms with Gasteiger partial charge in [-0.05, 0) is 37.1 Å². The molecule has 1 aliphatic rings. The number of alkyl halides is 2. The van der Waals surface area contributed by atoms with Crippen LogP contribution in [0, 0.1) is 0 Å². The van der Waals surface area contributed by atoms with Gasteiger partial charge in [0.25, 0.3) is 11.6 Å². The Labute approximate surface area is 125 Å². The predicted molar refractivity (Wildman–Crippen MR) is 75.9 cm³/mol. The highest BCUT2D eigenvalue weighted by Gasteiger charge is 2.36. The molecule has 0 amide bonds. The smallest absolute Gasteiger partial charge is 0.288 e. The summed E-state index contributed by atoms with van der Waals surface area (Å²) >= 11 is 0.507. The first-order chi connectivity index (χ1) is 10.1. The molecule has 0 unspecified atom stereocenters. The van der Waals surface area contributed by atoms with Crippen molar-refractivity contribution in [1.29, 1.82) is 0 Å². The number of rotatable bonds is 4. The molecule has 2 N–H and O–H groups in total. The lowest BCUT2D eigenvalue weighted by molar-refractivity contribution is 0.252. The molecule has 0 aliphatic heterocycles. The molecule has 3 rings (SSSR count). The number of nitrogens with zero attached hydrogens (tertiary/aromatic N) is 2. The van der Waals surface area contributed by atoms with E-state index in [1.165, 1.54) is 0 Å². The fourth-order valence-corrected chi connectivity index (χ4v) is 3.05. The van der Waals surface area contributed by atoms with Gasteiger partial charge in [-0.15, -0.1) is 0 Å². The van der Waals surface area contributed by atoms with Crippen LogP contribution in [-0.4, -0.2) is 15.9 Å². The average Bonchev–Trinajstić information content (AvgIpc) is 3.09. The molecule has 0 spiro atoms. The van der Waals surface area contributed by atoms with E-state index in [1.54, 1.807) is 24.3 Å². The van der Waals surface area contributed by atoms with Crippen LogP contribution in [0.25, 0.3) is 11.5 Å². The van der Waals surface area contributed by atoms with E-state index in [1.807, 2.05) is 0 Å². The quantitative estimate of drug-likeness (QED) is 0.871. The number of hydrogen-bond donors (Lipinski definition) is 1. The summed E-state index contributed by atoms with van der Waals surface area (Å²) in [5.41, 5.74) is 6.49. The minimum absolute atomic E-state index is 0.371. The second-order valence-corrected chi connectivity index (χ2v) is 6.25. The Morgan fingerprint density at radius 3 is 2.48 bits per heavy atom. The summed E-state index contributed by atoms with van der Waals surface area (Å²) in [5.74, 6) is -1.53. The van der Waals surface area contributed by atoms with Gasteiger partial charge in [-0.1, -0.05) is 29.8 Å². The maximum Gasteiger partial charge on any atom is 0.288 e. The molecule has 7 heteroatoms. The van der Waals surface area contributed by atoms with Gasteiger partial charge >= 0.3 is 0 Å². The molecular formula is C14H15F2N3OS. The van der Waals surface area contributed by atoms with Crippen molar-refractivity contribution >= 4 is 11.8 Å². The Balaban J connectivity index is 1.80. The summed E-state index contributed by atoms with van der Waals surface area (Å²) < 4.78 is 29.8. The number of nitrogens with two attached hydrogens (primary N) is 1. The zero-order chi connectivity index (χ0) is 14.9. The number of halogens is 2. The molecule has 0 radical (unpaired) electrons. The van der Waals surface area contributed by atoms with Crippen LogP contribution in [-0.2, 0) is 5.54 Å². The van der Waals surface area contributed by atoms with Crippen molar-refractivity contribution in [3.05, 3.63) is 30.1 Å². The monoisotopic (exact) mass is 311 g/mol. The van der Waals surface area contributed by atoms with E-state index in [0.717, 1.165) is 25.7 Å². The number of hydrogen-bond acceptors (Lipinski definition) is 5. The first-order valence-electron chi connectivity index (χ1n) is 6.75. The molecule has 1 aromatic carbocycles. The van der Waals surface area contributed by atoms with Crippen LogP contribution in [0.5, 0.6) is 0 Å². The highest BCUT2D eigenvalue weighted by molar-refractivity contribution is 7.99. The van der Waals surface area contributed by atoms with Crippen LogP contribution in [0.4, 0.5) is 8.78 Å². The molecule has 1 aromatic heterocycles. The number of benzene rings is 1. The van der Waals surface area contributed by atoms with Gasteiger partial charge in [-0.3, -0.25) is 0 Å². The molecule has 2 aromatic rings. The van der Waals surface area contributed by atoms with Crippen LogP contribution in [0.15, 0.2) is 33.7 Å². The third-order valence-electron chi connectivity index (χ3n) is 3.69. The molecule has 1 saturated carbocycles. The van der Waals surface area contributed by atoms with E-state index in [0.29, 0.717) is 33.9 Å². The Bertz CT molecular complexity index is 609. The van der Waals surface area contributed by atoms with Crippen LogP contribution in [0.2, 0.25) is 0 Å². The predicted octanol–water partition coefficient (Wildman–Crippen LogP) is 3.78. The van der Waals surface area contributed by atoms with Gasteiger partial charge in [0.15, 0.2) is 5.82 Å². The van der Waals surface area contributed by atoms with E-state index >= 15 is 0 Å². The molecule has 112 valence electrons. The van der Waals surface area contributed by atoms with Crippen molar-refractivity contribution in [2.75, 3.05) is 0 Å². The Morgan fingerprint density at radius 1 is 1.19 bits per heavy atom. The molecule has 1 aliphatic carbocycles. The summed E-state index contributed by atoms with van der Waals surface area (Å²) in [4.78, 5) is 4.87. The third-order valence-corrected chi connectivity index (χ3v) is 4.42. The normalized spacial score (nSPS) is 17.5. The molecule has 1 heterocycles. The van der Waals surface area contributed by atoms with Crippen molar-refractivity contribution in [3.8, 4) is 11.5 Å². The van der Waals surface area contributed by atoms with Crippen molar-refractivity contribution in [2.45, 2.75) is 41.9 Å². The second kappa shape index (κ2) is 5.73. The molecule has 4 nitrogen and oxygen atoms in total. The lowest BCUT2D eigenvalue weighted by Gasteiger charge is -2.17. The fraction of sp³-hybridized carbons (Fsp3) is 0.429. The number of aromatic nitrogens is 2. The zero-order valence-electron chi connectivity index (χ0n) is 11.3. The maximum absolute atomic E-state index is 12.3. The Morgan fingerprint density at radius 2 is 1.86 bits per heavy atom. The SMILES string of the molecule is NC1(c2noc(-c3ccc(SC(F)F)cc3)n2)CCCC1. The standard InChI is InChI=1S/C14H15F2N3OS/c15-13(16)21-10-5-3-9(4-6-10)11-18-12(19-20-11)14(17)7-1-2-8-14/h3-6,13H,1-2,7-8,17H2. The average molecular weight is 311 g/mol.